The van der Waals surface area contributed by atoms with Crippen molar-refractivity contribution in [3.63, 3.8) is 0 Å². The molecule has 0 aliphatic carbocycles. The Morgan fingerprint density at radius 3 is 2.29 bits per heavy atom. The highest BCUT2D eigenvalue weighted by atomic mass is 16.1. The zero-order valence-electron chi connectivity index (χ0n) is 19.9. The molecule has 0 spiro atoms. The van der Waals surface area contributed by atoms with Crippen molar-refractivity contribution in [2.75, 3.05) is 48.8 Å². The summed E-state index contributed by atoms with van der Waals surface area (Å²) in [4.78, 5) is 30.5. The fourth-order valence-corrected chi connectivity index (χ4v) is 4.16. The SMILES string of the molecule is Cc1cnc(Nc2ccc(N3CCN(C)CC3)nc2)nc1Nc1ccc2c(c1)n(C)c(=O)n2C. The third kappa shape index (κ3) is 4.19. The van der Waals surface area contributed by atoms with Crippen LogP contribution in [0.5, 0.6) is 0 Å². The fraction of sp³-hybridized carbons (Fsp3) is 0.333. The molecule has 0 bridgehead atoms. The molecule has 0 radical (unpaired) electrons. The largest absolute Gasteiger partial charge is 0.354 e. The van der Waals surface area contributed by atoms with E-state index in [-0.39, 0.29) is 5.69 Å². The number of likely N-dealkylation sites (N-methyl/N-ethyl adjacent to an activating group) is 1. The van der Waals surface area contributed by atoms with Crippen molar-refractivity contribution in [2.24, 2.45) is 14.1 Å². The molecule has 2 N–H and O–H groups in total. The molecule has 4 heterocycles. The lowest BCUT2D eigenvalue weighted by atomic mass is 10.2. The van der Waals surface area contributed by atoms with Crippen LogP contribution in [0.4, 0.5) is 29.0 Å². The molecule has 10 heteroatoms. The summed E-state index contributed by atoms with van der Waals surface area (Å²) in [6.45, 7) is 6.00. The fourth-order valence-electron chi connectivity index (χ4n) is 4.16. The van der Waals surface area contributed by atoms with E-state index >= 15 is 0 Å². The highest BCUT2D eigenvalue weighted by Gasteiger charge is 2.15. The van der Waals surface area contributed by atoms with Gasteiger partial charge in [0.25, 0.3) is 0 Å². The quantitative estimate of drug-likeness (QED) is 0.470. The van der Waals surface area contributed by atoms with Crippen LogP contribution < -0.4 is 21.2 Å². The lowest BCUT2D eigenvalue weighted by molar-refractivity contribution is 0.312. The van der Waals surface area contributed by atoms with Gasteiger partial charge in [0.05, 0.1) is 22.9 Å². The molecule has 1 aliphatic heterocycles. The Morgan fingerprint density at radius 1 is 0.824 bits per heavy atom. The van der Waals surface area contributed by atoms with Crippen LogP contribution in [0.3, 0.4) is 0 Å². The van der Waals surface area contributed by atoms with E-state index < -0.39 is 0 Å². The van der Waals surface area contributed by atoms with E-state index in [1.807, 2.05) is 43.5 Å². The molecule has 5 rings (SSSR count). The maximum absolute atomic E-state index is 12.2. The van der Waals surface area contributed by atoms with Crippen LogP contribution in [0.15, 0.2) is 47.5 Å². The first-order chi connectivity index (χ1) is 16.4. The van der Waals surface area contributed by atoms with Crippen molar-refractivity contribution in [3.05, 3.63) is 58.8 Å². The number of aryl methyl sites for hydroxylation is 3. The predicted octanol–water partition coefficient (Wildman–Crippen LogP) is 2.61. The van der Waals surface area contributed by atoms with E-state index in [0.29, 0.717) is 11.8 Å². The van der Waals surface area contributed by atoms with Crippen molar-refractivity contribution in [1.29, 1.82) is 0 Å². The molecular weight excluding hydrogens is 430 g/mol. The number of nitrogens with one attached hydrogen (secondary N) is 2. The summed E-state index contributed by atoms with van der Waals surface area (Å²) < 4.78 is 3.28. The summed E-state index contributed by atoms with van der Waals surface area (Å²) in [5, 5.41) is 6.60. The summed E-state index contributed by atoms with van der Waals surface area (Å²) in [5.74, 6) is 2.16. The van der Waals surface area contributed by atoms with Gasteiger partial charge >= 0.3 is 5.69 Å². The normalized spacial score (nSPS) is 14.5. The van der Waals surface area contributed by atoms with Gasteiger partial charge in [0.15, 0.2) is 0 Å². The Bertz CT molecular complexity index is 1380. The number of fused-ring (bicyclic) bond motifs is 1. The van der Waals surface area contributed by atoms with Gasteiger partial charge in [0, 0.05) is 57.7 Å². The zero-order chi connectivity index (χ0) is 23.8. The first-order valence-corrected chi connectivity index (χ1v) is 11.3. The first kappa shape index (κ1) is 21.9. The van der Waals surface area contributed by atoms with Crippen molar-refractivity contribution >= 4 is 40.0 Å². The molecule has 0 unspecified atom stereocenters. The predicted molar refractivity (Wildman–Crippen MR) is 135 cm³/mol. The Morgan fingerprint density at radius 2 is 1.56 bits per heavy atom. The molecule has 3 aromatic heterocycles. The van der Waals surface area contributed by atoms with Crippen molar-refractivity contribution in [1.82, 2.24) is 29.0 Å². The Hall–Kier alpha value is -3.92. The molecule has 1 aromatic carbocycles. The van der Waals surface area contributed by atoms with E-state index in [1.54, 1.807) is 29.4 Å². The van der Waals surface area contributed by atoms with Crippen molar-refractivity contribution < 1.29 is 0 Å². The Balaban J connectivity index is 1.32. The molecule has 0 saturated carbocycles. The second-order valence-electron chi connectivity index (χ2n) is 8.77. The highest BCUT2D eigenvalue weighted by Crippen LogP contribution is 2.24. The molecule has 10 nitrogen and oxygen atoms in total. The van der Waals surface area contributed by atoms with Crippen molar-refractivity contribution in [3.8, 4) is 0 Å². The van der Waals surface area contributed by atoms with Gasteiger partial charge in [-0.15, -0.1) is 0 Å². The minimum absolute atomic E-state index is 0.0518. The van der Waals surface area contributed by atoms with Crippen molar-refractivity contribution in [2.45, 2.75) is 6.92 Å². The molecule has 1 aliphatic rings. The van der Waals surface area contributed by atoms with Crippen LogP contribution in [0.25, 0.3) is 11.0 Å². The average Bonchev–Trinajstić information content (AvgIpc) is 3.06. The number of aromatic nitrogens is 5. The van der Waals surface area contributed by atoms with Gasteiger partial charge in [-0.3, -0.25) is 9.13 Å². The molecular formula is C24H29N9O. The van der Waals surface area contributed by atoms with E-state index in [4.69, 9.17) is 0 Å². The van der Waals surface area contributed by atoms with E-state index in [0.717, 1.165) is 60.0 Å². The summed E-state index contributed by atoms with van der Waals surface area (Å²) in [7, 11) is 5.69. The Kier molecular flexibility index (Phi) is 5.66. The lowest BCUT2D eigenvalue weighted by Crippen LogP contribution is -2.44. The van der Waals surface area contributed by atoms with E-state index in [9.17, 15) is 4.79 Å². The third-order valence-corrected chi connectivity index (χ3v) is 6.34. The van der Waals surface area contributed by atoms with E-state index in [2.05, 4.69) is 42.4 Å². The summed E-state index contributed by atoms with van der Waals surface area (Å²) in [6, 6.07) is 9.85. The second-order valence-corrected chi connectivity index (χ2v) is 8.77. The number of benzene rings is 1. The van der Waals surface area contributed by atoms with Gasteiger partial charge in [-0.05, 0) is 44.3 Å². The first-order valence-electron chi connectivity index (χ1n) is 11.3. The number of pyridine rings is 1. The average molecular weight is 460 g/mol. The van der Waals surface area contributed by atoms with Gasteiger partial charge in [0.2, 0.25) is 5.95 Å². The molecule has 4 aromatic rings. The number of rotatable bonds is 5. The second kappa shape index (κ2) is 8.79. The van der Waals surface area contributed by atoms with E-state index in [1.165, 1.54) is 0 Å². The van der Waals surface area contributed by atoms with Gasteiger partial charge in [0.1, 0.15) is 11.6 Å². The standard InChI is InChI=1S/C24H29N9O/c1-16-14-26-23(28-18-6-8-21(25-15-18)33-11-9-30(2)10-12-33)29-22(16)27-17-5-7-19-20(13-17)32(4)24(34)31(19)3/h5-8,13-15H,9-12H2,1-4H3,(H2,26,27,28,29). The Labute approximate surface area is 197 Å². The van der Waals surface area contributed by atoms with Crippen LogP contribution in [0, 0.1) is 6.92 Å². The molecule has 176 valence electrons. The number of piperazine rings is 1. The van der Waals surface area contributed by atoms with Crippen LogP contribution in [-0.4, -0.2) is 62.2 Å². The minimum atomic E-state index is -0.0518. The van der Waals surface area contributed by atoms with Crippen LogP contribution >= 0.6 is 0 Å². The summed E-state index contributed by atoms with van der Waals surface area (Å²) >= 11 is 0. The molecule has 0 amide bonds. The number of hydrogen-bond donors (Lipinski definition) is 2. The summed E-state index contributed by atoms with van der Waals surface area (Å²) in [5.41, 5.74) is 4.27. The van der Waals surface area contributed by atoms with Gasteiger partial charge in [-0.2, -0.15) is 4.98 Å². The van der Waals surface area contributed by atoms with Gasteiger partial charge < -0.3 is 20.4 Å². The third-order valence-electron chi connectivity index (χ3n) is 6.34. The lowest BCUT2D eigenvalue weighted by Gasteiger charge is -2.33. The number of hydrogen-bond acceptors (Lipinski definition) is 8. The van der Waals surface area contributed by atoms with Gasteiger partial charge in [-0.25, -0.2) is 14.8 Å². The highest BCUT2D eigenvalue weighted by molar-refractivity contribution is 5.81. The monoisotopic (exact) mass is 459 g/mol. The van der Waals surface area contributed by atoms with Gasteiger partial charge in [-0.1, -0.05) is 0 Å². The maximum Gasteiger partial charge on any atom is 0.328 e. The number of anilines is 5. The molecule has 1 saturated heterocycles. The van der Waals surface area contributed by atoms with Crippen LogP contribution in [-0.2, 0) is 14.1 Å². The van der Waals surface area contributed by atoms with Crippen LogP contribution in [0.2, 0.25) is 0 Å². The number of nitrogens with zero attached hydrogens (tertiary/aromatic N) is 7. The molecule has 0 atom stereocenters. The topological polar surface area (TPSA) is 96.1 Å². The van der Waals surface area contributed by atoms with Crippen LogP contribution in [0.1, 0.15) is 5.56 Å². The maximum atomic E-state index is 12.2. The molecule has 34 heavy (non-hydrogen) atoms. The smallest absolute Gasteiger partial charge is 0.328 e. The summed E-state index contributed by atoms with van der Waals surface area (Å²) in [6.07, 6.45) is 3.59. The zero-order valence-corrected chi connectivity index (χ0v) is 19.9. The molecule has 1 fully saturated rings. The number of imidazole rings is 1. The minimum Gasteiger partial charge on any atom is -0.354 e.